The van der Waals surface area contributed by atoms with Crippen LogP contribution in [0, 0.1) is 5.41 Å². The van der Waals surface area contributed by atoms with Crippen LogP contribution in [0.25, 0.3) is 0 Å². The van der Waals surface area contributed by atoms with E-state index in [1.165, 1.54) is 0 Å². The first-order chi connectivity index (χ1) is 7.41. The minimum Gasteiger partial charge on any atom is -0.353 e. The van der Waals surface area contributed by atoms with Gasteiger partial charge in [-0.2, -0.15) is 0 Å². The number of carbonyl (C=O) groups excluding carboxylic acids is 1. The van der Waals surface area contributed by atoms with Gasteiger partial charge in [-0.3, -0.25) is 4.79 Å². The van der Waals surface area contributed by atoms with E-state index in [-0.39, 0.29) is 17.4 Å². The summed E-state index contributed by atoms with van der Waals surface area (Å²) in [5.41, 5.74) is 0.133. The summed E-state index contributed by atoms with van der Waals surface area (Å²) in [6.45, 7) is 8.67. The van der Waals surface area contributed by atoms with Crippen LogP contribution in [0.1, 0.15) is 59.8 Å². The summed E-state index contributed by atoms with van der Waals surface area (Å²) in [5, 5.41) is 4.08. The van der Waals surface area contributed by atoms with Crippen LogP contribution in [0.15, 0.2) is 0 Å². The molecule has 2 nitrogen and oxygen atoms in total. The van der Waals surface area contributed by atoms with Crippen LogP contribution in [0.5, 0.6) is 0 Å². The molecule has 0 bridgehead atoms. The molecule has 0 radical (unpaired) electrons. The van der Waals surface area contributed by atoms with Gasteiger partial charge >= 0.3 is 0 Å². The summed E-state index contributed by atoms with van der Waals surface area (Å²) in [5.74, 6) is 0.203. The topological polar surface area (TPSA) is 29.1 Å². The molecule has 1 unspecified atom stereocenters. The van der Waals surface area contributed by atoms with Crippen LogP contribution >= 0.6 is 15.9 Å². The number of nitrogens with one attached hydrogen (secondary N) is 1. The van der Waals surface area contributed by atoms with Gasteiger partial charge in [-0.15, -0.1) is 0 Å². The Hall–Kier alpha value is -0.0500. The van der Waals surface area contributed by atoms with Gasteiger partial charge in [0.25, 0.3) is 0 Å². The Morgan fingerprint density at radius 3 is 2.38 bits per heavy atom. The monoisotopic (exact) mass is 291 g/mol. The van der Waals surface area contributed by atoms with Gasteiger partial charge in [-0.05, 0) is 18.3 Å². The highest BCUT2D eigenvalue weighted by Gasteiger charge is 2.25. The van der Waals surface area contributed by atoms with Crippen molar-refractivity contribution in [2.75, 3.05) is 5.33 Å². The standard InChI is InChI=1S/C13H26BrNO/c1-5-6-7-8-12(16)15-11(9-10-14)13(2,3)4/h11H,5-10H2,1-4H3,(H,15,16). The summed E-state index contributed by atoms with van der Waals surface area (Å²) in [6, 6.07) is 0.265. The summed E-state index contributed by atoms with van der Waals surface area (Å²) in [4.78, 5) is 11.7. The molecule has 1 amide bonds. The first-order valence-corrected chi connectivity index (χ1v) is 7.39. The highest BCUT2D eigenvalue weighted by molar-refractivity contribution is 9.09. The van der Waals surface area contributed by atoms with Crippen LogP contribution in [-0.4, -0.2) is 17.3 Å². The van der Waals surface area contributed by atoms with Gasteiger partial charge in [0.1, 0.15) is 0 Å². The van der Waals surface area contributed by atoms with Gasteiger partial charge < -0.3 is 5.32 Å². The molecule has 0 aromatic rings. The number of halogens is 1. The molecule has 0 aliphatic heterocycles. The number of hydrogen-bond acceptors (Lipinski definition) is 1. The molecule has 0 saturated heterocycles. The average molecular weight is 292 g/mol. The Bertz CT molecular complexity index is 199. The van der Waals surface area contributed by atoms with Gasteiger partial charge in [0, 0.05) is 17.8 Å². The third-order valence-corrected chi connectivity index (χ3v) is 3.24. The van der Waals surface area contributed by atoms with E-state index in [0.29, 0.717) is 6.42 Å². The van der Waals surface area contributed by atoms with Crippen molar-refractivity contribution in [2.45, 2.75) is 65.8 Å². The Kier molecular flexibility index (Phi) is 8.08. The van der Waals surface area contributed by atoms with Crippen LogP contribution in [-0.2, 0) is 4.79 Å². The molecule has 3 heteroatoms. The first-order valence-electron chi connectivity index (χ1n) is 6.27. The summed E-state index contributed by atoms with van der Waals surface area (Å²) < 4.78 is 0. The van der Waals surface area contributed by atoms with E-state index in [9.17, 15) is 4.79 Å². The number of rotatable bonds is 7. The fraction of sp³-hybridized carbons (Fsp3) is 0.923. The molecule has 0 aromatic carbocycles. The SMILES string of the molecule is CCCCCC(=O)NC(CCBr)C(C)(C)C. The second kappa shape index (κ2) is 8.10. The van der Waals surface area contributed by atoms with Crippen molar-refractivity contribution in [3.8, 4) is 0 Å². The minimum atomic E-state index is 0.133. The van der Waals surface area contributed by atoms with E-state index in [0.717, 1.165) is 31.0 Å². The predicted octanol–water partition coefficient (Wildman–Crippen LogP) is 3.88. The quantitative estimate of drug-likeness (QED) is 0.560. The number of carbonyl (C=O) groups is 1. The molecule has 16 heavy (non-hydrogen) atoms. The van der Waals surface area contributed by atoms with Crippen LogP contribution in [0.3, 0.4) is 0 Å². The van der Waals surface area contributed by atoms with E-state index in [4.69, 9.17) is 0 Å². The number of unbranched alkanes of at least 4 members (excludes halogenated alkanes) is 2. The number of hydrogen-bond donors (Lipinski definition) is 1. The predicted molar refractivity (Wildman–Crippen MR) is 73.9 cm³/mol. The molecular formula is C13H26BrNO. The van der Waals surface area contributed by atoms with E-state index >= 15 is 0 Å². The molecule has 0 heterocycles. The maximum Gasteiger partial charge on any atom is 0.220 e. The molecule has 1 atom stereocenters. The second-order valence-electron chi connectivity index (χ2n) is 5.42. The van der Waals surface area contributed by atoms with E-state index in [2.05, 4.69) is 48.9 Å². The molecule has 0 spiro atoms. The zero-order chi connectivity index (χ0) is 12.6. The van der Waals surface area contributed by atoms with Crippen molar-refractivity contribution in [2.24, 2.45) is 5.41 Å². The van der Waals surface area contributed by atoms with Crippen molar-refractivity contribution in [1.29, 1.82) is 0 Å². The number of amides is 1. The summed E-state index contributed by atoms with van der Waals surface area (Å²) in [7, 11) is 0. The normalized spacial score (nSPS) is 13.6. The van der Waals surface area contributed by atoms with Gasteiger partial charge in [-0.1, -0.05) is 56.5 Å². The molecule has 0 saturated carbocycles. The maximum atomic E-state index is 11.7. The number of alkyl halides is 1. The van der Waals surface area contributed by atoms with Crippen LogP contribution in [0.4, 0.5) is 0 Å². The van der Waals surface area contributed by atoms with Crippen molar-refractivity contribution in [1.82, 2.24) is 5.32 Å². The minimum absolute atomic E-state index is 0.133. The molecule has 0 fully saturated rings. The van der Waals surface area contributed by atoms with Gasteiger partial charge in [0.15, 0.2) is 0 Å². The molecule has 1 N–H and O–H groups in total. The Labute approximate surface area is 109 Å². The highest BCUT2D eigenvalue weighted by atomic mass is 79.9. The first kappa shape index (κ1) is 16.0. The zero-order valence-electron chi connectivity index (χ0n) is 11.1. The van der Waals surface area contributed by atoms with Crippen molar-refractivity contribution < 1.29 is 4.79 Å². The molecule has 0 aliphatic rings. The third kappa shape index (κ3) is 7.26. The summed E-state index contributed by atoms with van der Waals surface area (Å²) >= 11 is 3.44. The largest absolute Gasteiger partial charge is 0.353 e. The smallest absolute Gasteiger partial charge is 0.220 e. The van der Waals surface area contributed by atoms with E-state index in [1.807, 2.05) is 0 Å². The highest BCUT2D eigenvalue weighted by Crippen LogP contribution is 2.22. The average Bonchev–Trinajstić information content (AvgIpc) is 2.16. The lowest BCUT2D eigenvalue weighted by Crippen LogP contribution is -2.43. The zero-order valence-corrected chi connectivity index (χ0v) is 12.7. The molecule has 0 aliphatic carbocycles. The molecule has 0 aromatic heterocycles. The van der Waals surface area contributed by atoms with E-state index < -0.39 is 0 Å². The van der Waals surface area contributed by atoms with Crippen molar-refractivity contribution in [3.63, 3.8) is 0 Å². The van der Waals surface area contributed by atoms with Crippen molar-refractivity contribution >= 4 is 21.8 Å². The Balaban J connectivity index is 4.04. The van der Waals surface area contributed by atoms with Crippen LogP contribution < -0.4 is 5.32 Å². The molecule has 96 valence electrons. The van der Waals surface area contributed by atoms with Crippen LogP contribution in [0.2, 0.25) is 0 Å². The molecule has 0 rings (SSSR count). The lowest BCUT2D eigenvalue weighted by atomic mass is 9.85. The van der Waals surface area contributed by atoms with Gasteiger partial charge in [0.2, 0.25) is 5.91 Å². The lowest BCUT2D eigenvalue weighted by Gasteiger charge is -2.31. The Morgan fingerprint density at radius 1 is 1.31 bits per heavy atom. The molecular weight excluding hydrogens is 266 g/mol. The summed E-state index contributed by atoms with van der Waals surface area (Å²) in [6.07, 6.45) is 4.97. The fourth-order valence-electron chi connectivity index (χ4n) is 1.63. The fourth-order valence-corrected chi connectivity index (χ4v) is 2.09. The van der Waals surface area contributed by atoms with Gasteiger partial charge in [-0.25, -0.2) is 0 Å². The lowest BCUT2D eigenvalue weighted by molar-refractivity contribution is -0.122. The Morgan fingerprint density at radius 2 is 1.94 bits per heavy atom. The maximum absolute atomic E-state index is 11.7. The third-order valence-electron chi connectivity index (χ3n) is 2.79. The van der Waals surface area contributed by atoms with Crippen molar-refractivity contribution in [3.05, 3.63) is 0 Å². The van der Waals surface area contributed by atoms with E-state index in [1.54, 1.807) is 0 Å². The van der Waals surface area contributed by atoms with Gasteiger partial charge in [0.05, 0.1) is 0 Å². The second-order valence-corrected chi connectivity index (χ2v) is 6.21.